The number of imidazole rings is 1. The summed E-state index contributed by atoms with van der Waals surface area (Å²) in [6.07, 6.45) is 5.62. The van der Waals surface area contributed by atoms with Crippen LogP contribution < -0.4 is 0 Å². The predicted molar refractivity (Wildman–Crippen MR) is 47.1 cm³/mol. The van der Waals surface area contributed by atoms with E-state index in [-0.39, 0.29) is 18.8 Å². The molecule has 72 valence electrons. The van der Waals surface area contributed by atoms with Gasteiger partial charge in [-0.05, 0) is 12.8 Å². The Morgan fingerprint density at radius 3 is 3.08 bits per heavy atom. The molecule has 0 radical (unpaired) electrons. The van der Waals surface area contributed by atoms with Gasteiger partial charge in [0.05, 0.1) is 12.7 Å². The Bertz CT molecular complexity index is 285. The number of aryl methyl sites for hydroxylation is 1. The fourth-order valence-electron chi connectivity index (χ4n) is 1.72. The first-order valence-electron chi connectivity index (χ1n) is 4.55. The second-order valence-electron chi connectivity index (χ2n) is 3.40. The predicted octanol–water partition coefficient (Wildman–Crippen LogP) is 0.632. The molecule has 0 amide bonds. The number of aliphatic hydroxyl groups is 1. The van der Waals surface area contributed by atoms with Gasteiger partial charge in [0.25, 0.3) is 0 Å². The fraction of sp³-hybridized carbons (Fsp3) is 0.667. The summed E-state index contributed by atoms with van der Waals surface area (Å²) in [5, 5.41) is 8.90. The summed E-state index contributed by atoms with van der Waals surface area (Å²) < 4.78 is 7.57. The van der Waals surface area contributed by atoms with Gasteiger partial charge in [-0.25, -0.2) is 4.98 Å². The Labute approximate surface area is 77.2 Å². The standard InChI is InChI=1S/C9H14N2O2/c1-11-5-4-10-9(11)8-3-2-7(6-12)13-8/h4-5,7-8,12H,2-3,6H2,1H3. The van der Waals surface area contributed by atoms with Crippen molar-refractivity contribution >= 4 is 0 Å². The van der Waals surface area contributed by atoms with E-state index in [1.54, 1.807) is 6.20 Å². The van der Waals surface area contributed by atoms with Gasteiger partial charge in [-0.1, -0.05) is 0 Å². The lowest BCUT2D eigenvalue weighted by molar-refractivity contribution is 0.00629. The van der Waals surface area contributed by atoms with E-state index >= 15 is 0 Å². The highest BCUT2D eigenvalue weighted by atomic mass is 16.5. The van der Waals surface area contributed by atoms with Crippen LogP contribution in [0.3, 0.4) is 0 Å². The Morgan fingerprint density at radius 2 is 2.54 bits per heavy atom. The van der Waals surface area contributed by atoms with Crippen LogP contribution in [0.15, 0.2) is 12.4 Å². The van der Waals surface area contributed by atoms with Crippen LogP contribution >= 0.6 is 0 Å². The maximum atomic E-state index is 8.90. The molecule has 1 fully saturated rings. The third-order valence-electron chi connectivity index (χ3n) is 2.46. The van der Waals surface area contributed by atoms with Crippen molar-refractivity contribution in [2.24, 2.45) is 7.05 Å². The Hall–Kier alpha value is -0.870. The van der Waals surface area contributed by atoms with Crippen LogP contribution in [0, 0.1) is 0 Å². The normalized spacial score (nSPS) is 28.2. The van der Waals surface area contributed by atoms with Crippen LogP contribution in [0.4, 0.5) is 0 Å². The van der Waals surface area contributed by atoms with Crippen molar-refractivity contribution < 1.29 is 9.84 Å². The zero-order chi connectivity index (χ0) is 9.26. The lowest BCUT2D eigenvalue weighted by Gasteiger charge is -2.11. The summed E-state index contributed by atoms with van der Waals surface area (Å²) >= 11 is 0. The first kappa shape index (κ1) is 8.72. The summed E-state index contributed by atoms with van der Waals surface area (Å²) in [7, 11) is 1.96. The Kier molecular flexibility index (Phi) is 2.33. The second-order valence-corrected chi connectivity index (χ2v) is 3.40. The van der Waals surface area contributed by atoms with Gasteiger partial charge in [0.1, 0.15) is 11.9 Å². The lowest BCUT2D eigenvalue weighted by Crippen LogP contribution is -2.12. The Balaban J connectivity index is 2.08. The van der Waals surface area contributed by atoms with Crippen molar-refractivity contribution in [3.05, 3.63) is 18.2 Å². The molecule has 2 atom stereocenters. The molecular formula is C9H14N2O2. The van der Waals surface area contributed by atoms with Crippen LogP contribution in [0.5, 0.6) is 0 Å². The zero-order valence-electron chi connectivity index (χ0n) is 7.68. The van der Waals surface area contributed by atoms with E-state index in [1.165, 1.54) is 0 Å². The van der Waals surface area contributed by atoms with E-state index in [0.29, 0.717) is 0 Å². The molecular weight excluding hydrogens is 168 g/mol. The molecule has 1 aromatic heterocycles. The van der Waals surface area contributed by atoms with Crippen LogP contribution in [0.2, 0.25) is 0 Å². The largest absolute Gasteiger partial charge is 0.394 e. The molecule has 4 heteroatoms. The lowest BCUT2D eigenvalue weighted by atomic mass is 10.2. The van der Waals surface area contributed by atoms with Gasteiger partial charge >= 0.3 is 0 Å². The molecule has 0 aromatic carbocycles. The molecule has 0 spiro atoms. The average molecular weight is 182 g/mol. The van der Waals surface area contributed by atoms with Crippen molar-refractivity contribution in [2.75, 3.05) is 6.61 Å². The molecule has 4 nitrogen and oxygen atoms in total. The molecule has 1 saturated heterocycles. The van der Waals surface area contributed by atoms with Gasteiger partial charge in [0.15, 0.2) is 0 Å². The van der Waals surface area contributed by atoms with Gasteiger partial charge < -0.3 is 14.4 Å². The van der Waals surface area contributed by atoms with Gasteiger partial charge in [0.2, 0.25) is 0 Å². The molecule has 0 bridgehead atoms. The van der Waals surface area contributed by atoms with E-state index < -0.39 is 0 Å². The number of rotatable bonds is 2. The quantitative estimate of drug-likeness (QED) is 0.729. The van der Waals surface area contributed by atoms with Gasteiger partial charge in [0, 0.05) is 19.4 Å². The summed E-state index contributed by atoms with van der Waals surface area (Å²) in [4.78, 5) is 4.22. The minimum atomic E-state index is 0.00157. The van der Waals surface area contributed by atoms with Gasteiger partial charge in [-0.2, -0.15) is 0 Å². The third-order valence-corrected chi connectivity index (χ3v) is 2.46. The molecule has 2 rings (SSSR count). The molecule has 1 aromatic rings. The maximum absolute atomic E-state index is 8.90. The first-order valence-corrected chi connectivity index (χ1v) is 4.55. The number of aromatic nitrogens is 2. The number of hydrogen-bond acceptors (Lipinski definition) is 3. The monoisotopic (exact) mass is 182 g/mol. The summed E-state index contributed by atoms with van der Waals surface area (Å²) in [6.45, 7) is 0.112. The van der Waals surface area contributed by atoms with E-state index in [4.69, 9.17) is 9.84 Å². The smallest absolute Gasteiger partial charge is 0.137 e. The van der Waals surface area contributed by atoms with Crippen LogP contribution in [0.1, 0.15) is 24.8 Å². The van der Waals surface area contributed by atoms with E-state index in [0.717, 1.165) is 18.7 Å². The molecule has 1 N–H and O–H groups in total. The van der Waals surface area contributed by atoms with Crippen molar-refractivity contribution in [3.63, 3.8) is 0 Å². The van der Waals surface area contributed by atoms with Crippen molar-refractivity contribution in [1.82, 2.24) is 9.55 Å². The molecule has 0 aliphatic carbocycles. The second kappa shape index (κ2) is 3.47. The number of nitrogens with zero attached hydrogens (tertiary/aromatic N) is 2. The zero-order valence-corrected chi connectivity index (χ0v) is 7.68. The molecule has 2 unspecified atom stereocenters. The number of hydrogen-bond donors (Lipinski definition) is 1. The molecule has 2 heterocycles. The van der Waals surface area contributed by atoms with E-state index in [9.17, 15) is 0 Å². The van der Waals surface area contributed by atoms with Crippen molar-refractivity contribution in [3.8, 4) is 0 Å². The highest BCUT2D eigenvalue weighted by Gasteiger charge is 2.28. The average Bonchev–Trinajstić information content (AvgIpc) is 2.71. The molecule has 1 aliphatic rings. The number of aliphatic hydroxyl groups excluding tert-OH is 1. The van der Waals surface area contributed by atoms with E-state index in [1.807, 2.05) is 17.8 Å². The van der Waals surface area contributed by atoms with E-state index in [2.05, 4.69) is 4.98 Å². The summed E-state index contributed by atoms with van der Waals surface area (Å²) in [6, 6.07) is 0. The maximum Gasteiger partial charge on any atom is 0.137 e. The topological polar surface area (TPSA) is 47.3 Å². The van der Waals surface area contributed by atoms with Crippen LogP contribution in [-0.4, -0.2) is 27.4 Å². The first-order chi connectivity index (χ1) is 6.31. The highest BCUT2D eigenvalue weighted by molar-refractivity contribution is 4.98. The van der Waals surface area contributed by atoms with Gasteiger partial charge in [-0.3, -0.25) is 0 Å². The van der Waals surface area contributed by atoms with Crippen molar-refractivity contribution in [1.29, 1.82) is 0 Å². The number of ether oxygens (including phenoxy) is 1. The molecule has 13 heavy (non-hydrogen) atoms. The van der Waals surface area contributed by atoms with Crippen LogP contribution in [0.25, 0.3) is 0 Å². The molecule has 0 saturated carbocycles. The molecule has 1 aliphatic heterocycles. The fourth-order valence-corrected chi connectivity index (χ4v) is 1.72. The third kappa shape index (κ3) is 1.59. The highest BCUT2D eigenvalue weighted by Crippen LogP contribution is 2.30. The minimum absolute atomic E-state index is 0.00157. The Morgan fingerprint density at radius 1 is 1.69 bits per heavy atom. The van der Waals surface area contributed by atoms with Crippen LogP contribution in [-0.2, 0) is 11.8 Å². The van der Waals surface area contributed by atoms with Crippen molar-refractivity contribution in [2.45, 2.75) is 25.0 Å². The summed E-state index contributed by atoms with van der Waals surface area (Å²) in [5.41, 5.74) is 0. The van der Waals surface area contributed by atoms with Gasteiger partial charge in [-0.15, -0.1) is 0 Å². The summed E-state index contributed by atoms with van der Waals surface area (Å²) in [5.74, 6) is 0.955. The minimum Gasteiger partial charge on any atom is -0.394 e. The SMILES string of the molecule is Cn1ccnc1C1CCC(CO)O1.